The van der Waals surface area contributed by atoms with Crippen molar-refractivity contribution in [3.8, 4) is 5.75 Å². The minimum atomic E-state index is 0.303. The molecule has 2 rings (SSSR count). The van der Waals surface area contributed by atoms with E-state index in [-0.39, 0.29) is 0 Å². The largest absolute Gasteiger partial charge is 0.496 e. The average molecular weight is 220 g/mol. The van der Waals surface area contributed by atoms with Gasteiger partial charge in [0.1, 0.15) is 5.75 Å². The van der Waals surface area contributed by atoms with E-state index in [0.29, 0.717) is 12.1 Å². The molecule has 0 amide bonds. The first kappa shape index (κ1) is 11.4. The molecule has 2 unspecified atom stereocenters. The van der Waals surface area contributed by atoms with Crippen molar-refractivity contribution in [1.82, 2.24) is 5.32 Å². The van der Waals surface area contributed by atoms with Crippen LogP contribution < -0.4 is 15.8 Å². The van der Waals surface area contributed by atoms with Crippen molar-refractivity contribution in [3.05, 3.63) is 29.3 Å². The Kier molecular flexibility index (Phi) is 3.46. The Morgan fingerprint density at radius 1 is 1.44 bits per heavy atom. The molecule has 3 heteroatoms. The van der Waals surface area contributed by atoms with Crippen LogP contribution in [-0.4, -0.2) is 19.7 Å². The third-order valence-electron chi connectivity index (χ3n) is 3.21. The Hall–Kier alpha value is -1.06. The summed E-state index contributed by atoms with van der Waals surface area (Å²) in [6.45, 7) is 3.06. The second-order valence-corrected chi connectivity index (χ2v) is 4.54. The Labute approximate surface area is 97.0 Å². The fourth-order valence-electron chi connectivity index (χ4n) is 2.29. The number of ether oxygens (including phenoxy) is 1. The monoisotopic (exact) mass is 220 g/mol. The topological polar surface area (TPSA) is 47.3 Å². The normalized spacial score (nSPS) is 25.4. The number of hydrogen-bond donors (Lipinski definition) is 2. The highest BCUT2D eigenvalue weighted by atomic mass is 16.5. The number of piperidine rings is 1. The fourth-order valence-corrected chi connectivity index (χ4v) is 2.29. The van der Waals surface area contributed by atoms with Gasteiger partial charge in [-0.25, -0.2) is 0 Å². The van der Waals surface area contributed by atoms with Crippen LogP contribution in [0.2, 0.25) is 0 Å². The maximum atomic E-state index is 6.00. The molecule has 3 N–H and O–H groups in total. The molecule has 1 fully saturated rings. The van der Waals surface area contributed by atoms with Crippen molar-refractivity contribution in [2.45, 2.75) is 31.8 Å². The maximum Gasteiger partial charge on any atom is 0.123 e. The molecule has 3 nitrogen and oxygen atoms in total. The third-order valence-corrected chi connectivity index (χ3v) is 3.21. The van der Waals surface area contributed by atoms with Gasteiger partial charge < -0.3 is 15.8 Å². The number of nitrogens with one attached hydrogen (secondary N) is 1. The van der Waals surface area contributed by atoms with Gasteiger partial charge in [-0.3, -0.25) is 0 Å². The van der Waals surface area contributed by atoms with E-state index in [1.54, 1.807) is 7.11 Å². The van der Waals surface area contributed by atoms with Crippen LogP contribution in [0, 0.1) is 6.92 Å². The van der Waals surface area contributed by atoms with Crippen LogP contribution in [0.5, 0.6) is 5.75 Å². The van der Waals surface area contributed by atoms with Gasteiger partial charge >= 0.3 is 0 Å². The molecule has 1 aromatic carbocycles. The predicted octanol–water partition coefficient (Wildman–Crippen LogP) is 1.76. The van der Waals surface area contributed by atoms with Crippen LogP contribution in [0.15, 0.2) is 18.2 Å². The summed E-state index contributed by atoms with van der Waals surface area (Å²) in [6, 6.07) is 6.98. The zero-order valence-electron chi connectivity index (χ0n) is 9.99. The highest BCUT2D eigenvalue weighted by molar-refractivity contribution is 5.39. The maximum absolute atomic E-state index is 6.00. The summed E-state index contributed by atoms with van der Waals surface area (Å²) in [6.07, 6.45) is 2.05. The Balaban J connectivity index is 2.24. The summed E-state index contributed by atoms with van der Waals surface area (Å²) < 4.78 is 5.43. The molecule has 1 saturated heterocycles. The van der Waals surface area contributed by atoms with Crippen molar-refractivity contribution in [2.75, 3.05) is 13.7 Å². The number of nitrogens with two attached hydrogens (primary N) is 1. The van der Waals surface area contributed by atoms with E-state index in [4.69, 9.17) is 10.5 Å². The zero-order valence-corrected chi connectivity index (χ0v) is 9.99. The molecule has 1 aromatic rings. The lowest BCUT2D eigenvalue weighted by atomic mass is 9.93. The third kappa shape index (κ3) is 2.36. The lowest BCUT2D eigenvalue weighted by Crippen LogP contribution is -2.38. The SMILES string of the molecule is COc1cc(C)ccc1C1CC(N)CCN1. The van der Waals surface area contributed by atoms with Crippen LogP contribution in [0.3, 0.4) is 0 Å². The minimum absolute atomic E-state index is 0.303. The molecule has 1 aliphatic rings. The van der Waals surface area contributed by atoms with Gasteiger partial charge in [-0.2, -0.15) is 0 Å². The second-order valence-electron chi connectivity index (χ2n) is 4.54. The summed E-state index contributed by atoms with van der Waals surface area (Å²) in [5, 5.41) is 3.50. The van der Waals surface area contributed by atoms with Gasteiger partial charge in [0.05, 0.1) is 7.11 Å². The summed E-state index contributed by atoms with van der Waals surface area (Å²) in [5.74, 6) is 0.964. The van der Waals surface area contributed by atoms with Gasteiger partial charge in [0.25, 0.3) is 0 Å². The summed E-state index contributed by atoms with van der Waals surface area (Å²) >= 11 is 0. The van der Waals surface area contributed by atoms with Crippen molar-refractivity contribution in [1.29, 1.82) is 0 Å². The highest BCUT2D eigenvalue weighted by Crippen LogP contribution is 2.30. The van der Waals surface area contributed by atoms with Crippen molar-refractivity contribution in [3.63, 3.8) is 0 Å². The minimum Gasteiger partial charge on any atom is -0.496 e. The highest BCUT2D eigenvalue weighted by Gasteiger charge is 2.22. The Morgan fingerprint density at radius 2 is 2.25 bits per heavy atom. The smallest absolute Gasteiger partial charge is 0.123 e. The lowest BCUT2D eigenvalue weighted by molar-refractivity contribution is 0.350. The van der Waals surface area contributed by atoms with Gasteiger partial charge in [-0.15, -0.1) is 0 Å². The van der Waals surface area contributed by atoms with E-state index in [1.165, 1.54) is 11.1 Å². The Morgan fingerprint density at radius 3 is 2.94 bits per heavy atom. The first-order valence-corrected chi connectivity index (χ1v) is 5.84. The van der Waals surface area contributed by atoms with Crippen LogP contribution in [0.4, 0.5) is 0 Å². The number of hydrogen-bond acceptors (Lipinski definition) is 3. The van der Waals surface area contributed by atoms with Gasteiger partial charge in [0, 0.05) is 17.6 Å². The average Bonchev–Trinajstić information content (AvgIpc) is 2.28. The number of methoxy groups -OCH3 is 1. The molecule has 0 aromatic heterocycles. The molecule has 0 aliphatic carbocycles. The van der Waals surface area contributed by atoms with Crippen molar-refractivity contribution >= 4 is 0 Å². The van der Waals surface area contributed by atoms with Crippen molar-refractivity contribution < 1.29 is 4.74 Å². The molecule has 88 valence electrons. The van der Waals surface area contributed by atoms with Crippen LogP contribution >= 0.6 is 0 Å². The molecule has 0 bridgehead atoms. The first-order valence-electron chi connectivity index (χ1n) is 5.84. The molecular weight excluding hydrogens is 200 g/mol. The van der Waals surface area contributed by atoms with Crippen LogP contribution in [0.25, 0.3) is 0 Å². The molecule has 2 atom stereocenters. The standard InChI is InChI=1S/C13H20N2O/c1-9-3-4-11(13(7-9)16-2)12-8-10(14)5-6-15-12/h3-4,7,10,12,15H,5-6,8,14H2,1-2H3. The van der Waals surface area contributed by atoms with Crippen molar-refractivity contribution in [2.24, 2.45) is 5.73 Å². The number of aryl methyl sites for hydroxylation is 1. The molecule has 16 heavy (non-hydrogen) atoms. The van der Waals surface area contributed by atoms with Gasteiger partial charge in [-0.05, 0) is 37.9 Å². The number of benzene rings is 1. The second kappa shape index (κ2) is 4.85. The molecule has 1 aliphatic heterocycles. The fraction of sp³-hybridized carbons (Fsp3) is 0.538. The molecule has 0 spiro atoms. The summed E-state index contributed by atoms with van der Waals surface area (Å²) in [7, 11) is 1.72. The van der Waals surface area contributed by atoms with Crippen LogP contribution in [0.1, 0.15) is 30.0 Å². The quantitative estimate of drug-likeness (QED) is 0.798. The molecule has 0 radical (unpaired) electrons. The predicted molar refractivity (Wildman–Crippen MR) is 65.7 cm³/mol. The Bertz CT molecular complexity index is 365. The van der Waals surface area contributed by atoms with Gasteiger partial charge in [0.2, 0.25) is 0 Å². The van der Waals surface area contributed by atoms with E-state index in [0.717, 1.165) is 25.1 Å². The van der Waals surface area contributed by atoms with Gasteiger partial charge in [-0.1, -0.05) is 12.1 Å². The van der Waals surface area contributed by atoms with E-state index in [9.17, 15) is 0 Å². The van der Waals surface area contributed by atoms with Gasteiger partial charge in [0.15, 0.2) is 0 Å². The van der Waals surface area contributed by atoms with E-state index < -0.39 is 0 Å². The lowest BCUT2D eigenvalue weighted by Gasteiger charge is -2.29. The molecule has 1 heterocycles. The van der Waals surface area contributed by atoms with E-state index in [1.807, 2.05) is 0 Å². The summed E-state index contributed by atoms with van der Waals surface area (Å²) in [4.78, 5) is 0. The summed E-state index contributed by atoms with van der Waals surface area (Å²) in [5.41, 5.74) is 8.45. The zero-order chi connectivity index (χ0) is 11.5. The van der Waals surface area contributed by atoms with E-state index >= 15 is 0 Å². The van der Waals surface area contributed by atoms with E-state index in [2.05, 4.69) is 30.4 Å². The molecule has 0 saturated carbocycles. The number of rotatable bonds is 2. The van der Waals surface area contributed by atoms with Crippen LogP contribution in [-0.2, 0) is 0 Å². The molecular formula is C13H20N2O. The first-order chi connectivity index (χ1) is 7.70.